The summed E-state index contributed by atoms with van der Waals surface area (Å²) in [5.41, 5.74) is 1.87. The Morgan fingerprint density at radius 3 is 2.52 bits per heavy atom. The van der Waals surface area contributed by atoms with Crippen LogP contribution in [-0.4, -0.2) is 25.7 Å². The molecule has 0 saturated heterocycles. The van der Waals surface area contributed by atoms with Crippen molar-refractivity contribution in [2.75, 3.05) is 4.90 Å². The monoisotopic (exact) mass is 307 g/mol. The molecule has 1 aromatic carbocycles. The largest absolute Gasteiger partial charge is 0.306 e. The number of anilines is 1. The molecule has 1 amide bonds. The van der Waals surface area contributed by atoms with E-state index in [-0.39, 0.29) is 5.91 Å². The normalized spacial score (nSPS) is 11.9. The summed E-state index contributed by atoms with van der Waals surface area (Å²) in [6.07, 6.45) is 6.34. The molecule has 6 nitrogen and oxygen atoms in total. The molecule has 0 saturated carbocycles. The molecular weight excluding hydrogens is 290 g/mol. The molecule has 23 heavy (non-hydrogen) atoms. The van der Waals surface area contributed by atoms with Crippen molar-refractivity contribution >= 4 is 11.6 Å². The third-order valence-electron chi connectivity index (χ3n) is 3.61. The average molecular weight is 307 g/mol. The van der Waals surface area contributed by atoms with Gasteiger partial charge in [-0.2, -0.15) is 5.10 Å². The maximum atomic E-state index is 13.0. The Balaban J connectivity index is 1.90. The van der Waals surface area contributed by atoms with Gasteiger partial charge in [0.05, 0.1) is 6.54 Å². The fraction of sp³-hybridized carbons (Fsp3) is 0.176. The number of carbonyl (C=O) groups is 1. The lowest BCUT2D eigenvalue weighted by Gasteiger charge is -2.26. The number of carbonyl (C=O) groups excluding carboxylic acids is 1. The smallest absolute Gasteiger partial charge is 0.251 e. The molecular formula is C17H17N5O. The van der Waals surface area contributed by atoms with E-state index >= 15 is 0 Å². The second-order valence-electron chi connectivity index (χ2n) is 5.17. The van der Waals surface area contributed by atoms with E-state index in [1.807, 2.05) is 49.4 Å². The van der Waals surface area contributed by atoms with E-state index in [9.17, 15) is 4.79 Å². The fourth-order valence-corrected chi connectivity index (χ4v) is 2.34. The van der Waals surface area contributed by atoms with Crippen LogP contribution in [0.15, 0.2) is 67.5 Å². The quantitative estimate of drug-likeness (QED) is 0.726. The molecule has 1 atom stereocenters. The molecule has 2 heterocycles. The van der Waals surface area contributed by atoms with E-state index in [1.54, 1.807) is 28.3 Å². The van der Waals surface area contributed by atoms with Gasteiger partial charge in [-0.3, -0.25) is 9.78 Å². The molecule has 0 fully saturated rings. The first kappa shape index (κ1) is 14.9. The zero-order chi connectivity index (χ0) is 16.1. The lowest BCUT2D eigenvalue weighted by Crippen LogP contribution is -2.36. The van der Waals surface area contributed by atoms with Crippen LogP contribution in [0.25, 0.3) is 0 Å². The predicted molar refractivity (Wildman–Crippen MR) is 86.6 cm³/mol. The molecule has 3 aromatic rings. The van der Waals surface area contributed by atoms with Gasteiger partial charge in [-0.05, 0) is 24.6 Å². The van der Waals surface area contributed by atoms with Crippen LogP contribution in [0.5, 0.6) is 0 Å². The van der Waals surface area contributed by atoms with Gasteiger partial charge in [0, 0.05) is 18.1 Å². The van der Waals surface area contributed by atoms with Gasteiger partial charge >= 0.3 is 0 Å². The third kappa shape index (κ3) is 3.42. The van der Waals surface area contributed by atoms with Crippen LogP contribution in [0.3, 0.4) is 0 Å². The molecule has 0 aliphatic heterocycles. The van der Waals surface area contributed by atoms with Gasteiger partial charge < -0.3 is 4.90 Å². The van der Waals surface area contributed by atoms with Crippen molar-refractivity contribution in [1.82, 2.24) is 19.7 Å². The van der Waals surface area contributed by atoms with Gasteiger partial charge in [0.15, 0.2) is 0 Å². The van der Waals surface area contributed by atoms with Crippen LogP contribution in [0.4, 0.5) is 5.69 Å². The molecule has 6 heteroatoms. The number of amides is 1. The molecule has 1 unspecified atom stereocenters. The number of pyridine rings is 1. The van der Waals surface area contributed by atoms with Crippen molar-refractivity contribution in [3.8, 4) is 0 Å². The average Bonchev–Trinajstić information content (AvgIpc) is 3.15. The topological polar surface area (TPSA) is 63.9 Å². The molecule has 0 aliphatic carbocycles. The van der Waals surface area contributed by atoms with E-state index in [4.69, 9.17) is 0 Å². The Kier molecular flexibility index (Phi) is 4.42. The first-order valence-corrected chi connectivity index (χ1v) is 7.35. The van der Waals surface area contributed by atoms with Gasteiger partial charge in [-0.15, -0.1) is 0 Å². The summed E-state index contributed by atoms with van der Waals surface area (Å²) in [7, 11) is 0. The van der Waals surface area contributed by atoms with Crippen molar-refractivity contribution in [2.24, 2.45) is 0 Å². The standard InChI is InChI=1S/C17H17N5O/c1-14(22-13-19-12-20-22)17(23)21(16-7-9-18-10-8-16)11-15-5-3-2-4-6-15/h2-10,12-14H,11H2,1H3. The zero-order valence-corrected chi connectivity index (χ0v) is 12.8. The second kappa shape index (κ2) is 6.83. The molecule has 0 radical (unpaired) electrons. The highest BCUT2D eigenvalue weighted by atomic mass is 16.2. The molecule has 0 N–H and O–H groups in total. The van der Waals surface area contributed by atoms with Crippen LogP contribution < -0.4 is 4.90 Å². The molecule has 0 aliphatic rings. The number of nitrogens with zero attached hydrogens (tertiary/aromatic N) is 5. The Labute approximate surface area is 134 Å². The minimum Gasteiger partial charge on any atom is -0.306 e. The van der Waals surface area contributed by atoms with Gasteiger partial charge in [-0.1, -0.05) is 30.3 Å². The Morgan fingerprint density at radius 1 is 1.13 bits per heavy atom. The molecule has 0 bridgehead atoms. The number of rotatable bonds is 5. The zero-order valence-electron chi connectivity index (χ0n) is 12.8. The third-order valence-corrected chi connectivity index (χ3v) is 3.61. The Bertz CT molecular complexity index is 743. The van der Waals surface area contributed by atoms with Gasteiger partial charge in [0.1, 0.15) is 18.7 Å². The predicted octanol–water partition coefficient (Wildman–Crippen LogP) is 2.47. The van der Waals surface area contributed by atoms with E-state index in [0.29, 0.717) is 6.54 Å². The SMILES string of the molecule is CC(C(=O)N(Cc1ccccc1)c1ccncc1)n1cncn1. The van der Waals surface area contributed by atoms with E-state index in [2.05, 4.69) is 15.1 Å². The number of hydrogen-bond donors (Lipinski definition) is 0. The van der Waals surface area contributed by atoms with E-state index in [1.165, 1.54) is 6.33 Å². The van der Waals surface area contributed by atoms with Crippen LogP contribution in [0.1, 0.15) is 18.5 Å². The van der Waals surface area contributed by atoms with Crippen molar-refractivity contribution in [2.45, 2.75) is 19.5 Å². The summed E-state index contributed by atoms with van der Waals surface area (Å²) in [6, 6.07) is 13.1. The molecule has 2 aromatic heterocycles. The van der Waals surface area contributed by atoms with Crippen LogP contribution >= 0.6 is 0 Å². The molecule has 0 spiro atoms. The highest BCUT2D eigenvalue weighted by molar-refractivity contribution is 5.95. The Hall–Kier alpha value is -3.02. The first-order valence-electron chi connectivity index (χ1n) is 7.35. The van der Waals surface area contributed by atoms with E-state index in [0.717, 1.165) is 11.3 Å². The van der Waals surface area contributed by atoms with Gasteiger partial charge in [0.25, 0.3) is 5.91 Å². The second-order valence-corrected chi connectivity index (χ2v) is 5.17. The summed E-state index contributed by atoms with van der Waals surface area (Å²) in [6.45, 7) is 2.30. The highest BCUT2D eigenvalue weighted by Gasteiger charge is 2.24. The molecule has 116 valence electrons. The van der Waals surface area contributed by atoms with Gasteiger partial charge in [-0.25, -0.2) is 9.67 Å². The van der Waals surface area contributed by atoms with Crippen molar-refractivity contribution < 1.29 is 4.79 Å². The van der Waals surface area contributed by atoms with Crippen molar-refractivity contribution in [3.05, 3.63) is 73.1 Å². The minimum absolute atomic E-state index is 0.0504. The van der Waals surface area contributed by atoms with Crippen LogP contribution in [0.2, 0.25) is 0 Å². The maximum absolute atomic E-state index is 13.0. The van der Waals surface area contributed by atoms with Crippen LogP contribution in [0, 0.1) is 0 Å². The summed E-state index contributed by atoms with van der Waals surface area (Å²) in [4.78, 5) is 22.6. The van der Waals surface area contributed by atoms with Crippen LogP contribution in [-0.2, 0) is 11.3 Å². The Morgan fingerprint density at radius 2 is 1.87 bits per heavy atom. The van der Waals surface area contributed by atoms with Crippen molar-refractivity contribution in [3.63, 3.8) is 0 Å². The lowest BCUT2D eigenvalue weighted by molar-refractivity contribution is -0.121. The number of aromatic nitrogens is 4. The fourth-order valence-electron chi connectivity index (χ4n) is 2.34. The summed E-state index contributed by atoms with van der Waals surface area (Å²) < 4.78 is 1.56. The van der Waals surface area contributed by atoms with Crippen molar-refractivity contribution in [1.29, 1.82) is 0 Å². The lowest BCUT2D eigenvalue weighted by atomic mass is 10.1. The summed E-state index contributed by atoms with van der Waals surface area (Å²) >= 11 is 0. The first-order chi connectivity index (χ1) is 11.3. The number of benzene rings is 1. The maximum Gasteiger partial charge on any atom is 0.251 e. The van der Waals surface area contributed by atoms with E-state index < -0.39 is 6.04 Å². The summed E-state index contributed by atoms with van der Waals surface area (Å²) in [5.74, 6) is -0.0504. The highest BCUT2D eigenvalue weighted by Crippen LogP contribution is 2.20. The molecule has 3 rings (SSSR count). The minimum atomic E-state index is -0.436. The number of hydrogen-bond acceptors (Lipinski definition) is 4. The summed E-state index contributed by atoms with van der Waals surface area (Å²) in [5, 5.41) is 4.07. The van der Waals surface area contributed by atoms with Gasteiger partial charge in [0.2, 0.25) is 0 Å².